The van der Waals surface area contributed by atoms with E-state index in [0.29, 0.717) is 22.6 Å². The number of amides is 1. The Morgan fingerprint density at radius 1 is 0.794 bits per heavy atom. The van der Waals surface area contributed by atoms with Gasteiger partial charge in [-0.05, 0) is 19.4 Å². The van der Waals surface area contributed by atoms with Gasteiger partial charge in [0.05, 0.1) is 5.71 Å². The van der Waals surface area contributed by atoms with E-state index in [-0.39, 0.29) is 18.2 Å². The summed E-state index contributed by atoms with van der Waals surface area (Å²) in [4.78, 5) is 32.5. The molecule has 0 saturated carbocycles. The van der Waals surface area contributed by atoms with Crippen molar-refractivity contribution in [3.63, 3.8) is 0 Å². The molecule has 2 rings (SSSR count). The first-order valence-corrected chi connectivity index (χ1v) is 10.3. The van der Waals surface area contributed by atoms with Gasteiger partial charge in [0.1, 0.15) is 39.4 Å². The largest absolute Gasteiger partial charge is 0.399 e. The Labute approximate surface area is 198 Å². The number of nitrogens with zero attached hydrogens (tertiary/aromatic N) is 4. The fourth-order valence-corrected chi connectivity index (χ4v) is 3.02. The molecule has 0 aliphatic rings. The van der Waals surface area contributed by atoms with Crippen LogP contribution in [0.1, 0.15) is 36.1 Å². The monoisotopic (exact) mass is 467 g/mol. The highest BCUT2D eigenvalue weighted by molar-refractivity contribution is 6.47. The number of likely N-dealkylation sites (N-methyl/N-ethyl adjacent to an activating group) is 1. The van der Waals surface area contributed by atoms with E-state index < -0.39 is 0 Å². The lowest BCUT2D eigenvalue weighted by Crippen LogP contribution is -2.29. The number of benzene rings is 2. The standard InChI is InChI=1S/C24H29N5O5/c1-16(26-31-4)18-11-13-19(14-12-18)22(28-32-5)17(2)27-34-15-20-9-7-8-10-21(20)23(29-33-6)24(30)25-3/h7-14H,15H2,1-6H3,(H,25,30). The van der Waals surface area contributed by atoms with Gasteiger partial charge >= 0.3 is 0 Å². The molecular formula is C24H29N5O5. The quantitative estimate of drug-likeness (QED) is 0.403. The molecule has 1 amide bonds. The summed E-state index contributed by atoms with van der Waals surface area (Å²) in [7, 11) is 5.87. The van der Waals surface area contributed by atoms with Crippen LogP contribution >= 0.6 is 0 Å². The molecule has 0 radical (unpaired) electrons. The van der Waals surface area contributed by atoms with Crippen molar-refractivity contribution in [2.75, 3.05) is 28.4 Å². The summed E-state index contributed by atoms with van der Waals surface area (Å²) < 4.78 is 0. The van der Waals surface area contributed by atoms with Gasteiger partial charge < -0.3 is 24.7 Å². The van der Waals surface area contributed by atoms with Gasteiger partial charge in [0, 0.05) is 23.7 Å². The van der Waals surface area contributed by atoms with E-state index in [0.717, 1.165) is 16.8 Å². The Morgan fingerprint density at radius 3 is 2.00 bits per heavy atom. The third-order valence-electron chi connectivity index (χ3n) is 4.65. The zero-order chi connectivity index (χ0) is 24.9. The highest BCUT2D eigenvalue weighted by Gasteiger charge is 2.17. The Kier molecular flexibility index (Phi) is 10.2. The zero-order valence-electron chi connectivity index (χ0n) is 20.2. The lowest BCUT2D eigenvalue weighted by atomic mass is 10.0. The molecule has 34 heavy (non-hydrogen) atoms. The number of carbonyl (C=O) groups excluding carboxylic acids is 1. The van der Waals surface area contributed by atoms with Crippen LogP contribution in [0, 0.1) is 0 Å². The molecule has 180 valence electrons. The first-order chi connectivity index (χ1) is 16.5. The maximum atomic E-state index is 12.2. The topological polar surface area (TPSA) is 115 Å². The fourth-order valence-electron chi connectivity index (χ4n) is 3.02. The molecule has 0 aromatic heterocycles. The molecule has 10 nitrogen and oxygen atoms in total. The van der Waals surface area contributed by atoms with Gasteiger partial charge in [0.15, 0.2) is 5.71 Å². The summed E-state index contributed by atoms with van der Waals surface area (Å²) in [6, 6.07) is 14.8. The lowest BCUT2D eigenvalue weighted by molar-refractivity contribution is -0.114. The molecule has 0 heterocycles. The molecule has 0 bridgehead atoms. The van der Waals surface area contributed by atoms with Crippen LogP contribution in [0.2, 0.25) is 0 Å². The van der Waals surface area contributed by atoms with Gasteiger partial charge in [-0.1, -0.05) is 69.2 Å². The molecule has 2 aromatic carbocycles. The van der Waals surface area contributed by atoms with Crippen molar-refractivity contribution in [1.82, 2.24) is 5.32 Å². The van der Waals surface area contributed by atoms with Crippen LogP contribution < -0.4 is 5.32 Å². The second-order valence-electron chi connectivity index (χ2n) is 6.87. The molecular weight excluding hydrogens is 438 g/mol. The van der Waals surface area contributed by atoms with E-state index >= 15 is 0 Å². The molecule has 2 aromatic rings. The third-order valence-corrected chi connectivity index (χ3v) is 4.65. The molecule has 0 spiro atoms. The average Bonchev–Trinajstić information content (AvgIpc) is 2.86. The van der Waals surface area contributed by atoms with Crippen molar-refractivity contribution in [3.8, 4) is 0 Å². The number of oxime groups is 4. The van der Waals surface area contributed by atoms with Crippen LogP contribution in [0.25, 0.3) is 0 Å². The van der Waals surface area contributed by atoms with Crippen molar-refractivity contribution in [3.05, 3.63) is 70.8 Å². The van der Waals surface area contributed by atoms with Crippen LogP contribution in [-0.2, 0) is 30.8 Å². The Hall–Kier alpha value is -4.21. The van der Waals surface area contributed by atoms with Crippen LogP contribution in [0.15, 0.2) is 69.2 Å². The molecule has 0 aliphatic carbocycles. The predicted molar refractivity (Wildman–Crippen MR) is 131 cm³/mol. The van der Waals surface area contributed by atoms with E-state index in [4.69, 9.17) is 19.4 Å². The second kappa shape index (κ2) is 13.4. The summed E-state index contributed by atoms with van der Waals surface area (Å²) in [5.41, 5.74) is 4.89. The Bertz CT molecular complexity index is 1090. The van der Waals surface area contributed by atoms with E-state index in [1.165, 1.54) is 28.4 Å². The van der Waals surface area contributed by atoms with Crippen LogP contribution in [-0.4, -0.2) is 57.1 Å². The normalized spacial score (nSPS) is 12.8. The summed E-state index contributed by atoms with van der Waals surface area (Å²) >= 11 is 0. The number of hydrogen-bond acceptors (Lipinski definition) is 9. The van der Waals surface area contributed by atoms with E-state index in [2.05, 4.69) is 25.9 Å². The molecule has 1 N–H and O–H groups in total. The van der Waals surface area contributed by atoms with Crippen molar-refractivity contribution < 1.29 is 24.1 Å². The minimum atomic E-state index is -0.377. The maximum absolute atomic E-state index is 12.2. The summed E-state index contributed by atoms with van der Waals surface area (Å²) in [6.07, 6.45) is 0. The number of nitrogens with one attached hydrogen (secondary N) is 1. The van der Waals surface area contributed by atoms with Crippen LogP contribution in [0.5, 0.6) is 0 Å². The SMILES string of the molecule is CNC(=O)C(=NOC)c1ccccc1CON=C(C)C(=NOC)c1ccc(C(C)=NOC)cc1. The van der Waals surface area contributed by atoms with Gasteiger partial charge in [-0.25, -0.2) is 0 Å². The average molecular weight is 468 g/mol. The molecule has 0 saturated heterocycles. The van der Waals surface area contributed by atoms with Gasteiger partial charge in [0.25, 0.3) is 5.91 Å². The van der Waals surface area contributed by atoms with Crippen molar-refractivity contribution in [1.29, 1.82) is 0 Å². The van der Waals surface area contributed by atoms with E-state index in [1.54, 1.807) is 19.1 Å². The van der Waals surface area contributed by atoms with Crippen LogP contribution in [0.4, 0.5) is 0 Å². The summed E-state index contributed by atoms with van der Waals surface area (Å²) in [5, 5.41) is 18.6. The molecule has 0 aliphatic heterocycles. The van der Waals surface area contributed by atoms with Crippen LogP contribution in [0.3, 0.4) is 0 Å². The molecule has 0 fully saturated rings. The number of hydrogen-bond donors (Lipinski definition) is 1. The maximum Gasteiger partial charge on any atom is 0.273 e. The van der Waals surface area contributed by atoms with E-state index in [1.807, 2.05) is 43.3 Å². The minimum absolute atomic E-state index is 0.0963. The second-order valence-corrected chi connectivity index (χ2v) is 6.87. The minimum Gasteiger partial charge on any atom is -0.399 e. The number of rotatable bonds is 11. The summed E-state index contributed by atoms with van der Waals surface area (Å²) in [6.45, 7) is 3.71. The lowest BCUT2D eigenvalue weighted by Gasteiger charge is -2.11. The zero-order valence-corrected chi connectivity index (χ0v) is 20.2. The molecule has 0 unspecified atom stereocenters. The smallest absolute Gasteiger partial charge is 0.273 e. The van der Waals surface area contributed by atoms with Gasteiger partial charge in [0.2, 0.25) is 0 Å². The third kappa shape index (κ3) is 6.89. The summed E-state index contributed by atoms with van der Waals surface area (Å²) in [5.74, 6) is -0.377. The fraction of sp³-hybridized carbons (Fsp3) is 0.292. The first kappa shape index (κ1) is 26.0. The Balaban J connectivity index is 2.24. The van der Waals surface area contributed by atoms with Gasteiger partial charge in [-0.3, -0.25) is 4.79 Å². The highest BCUT2D eigenvalue weighted by atomic mass is 16.6. The van der Waals surface area contributed by atoms with Gasteiger partial charge in [-0.2, -0.15) is 0 Å². The highest BCUT2D eigenvalue weighted by Crippen LogP contribution is 2.14. The van der Waals surface area contributed by atoms with Crippen molar-refractivity contribution >= 4 is 28.8 Å². The first-order valence-electron chi connectivity index (χ1n) is 10.3. The molecule has 0 atom stereocenters. The van der Waals surface area contributed by atoms with Gasteiger partial charge in [-0.15, -0.1) is 0 Å². The number of carbonyl (C=O) groups is 1. The predicted octanol–water partition coefficient (Wildman–Crippen LogP) is 3.10. The Morgan fingerprint density at radius 2 is 1.38 bits per heavy atom. The van der Waals surface area contributed by atoms with Crippen molar-refractivity contribution in [2.45, 2.75) is 20.5 Å². The van der Waals surface area contributed by atoms with E-state index in [9.17, 15) is 4.79 Å². The molecule has 10 heteroatoms. The van der Waals surface area contributed by atoms with Crippen molar-refractivity contribution in [2.24, 2.45) is 20.6 Å².